The van der Waals surface area contributed by atoms with E-state index < -0.39 is 0 Å². The molecule has 0 unspecified atom stereocenters. The SMILES string of the molecule is C=CC(=O)N1CCN(c2ncnc3c(Oc4c(Cl)c(C)cc(N)c4C=N)nc(C)cc23)CC1. The molecule has 0 atom stereocenters. The van der Waals surface area contributed by atoms with Gasteiger partial charge in [0.15, 0.2) is 5.75 Å². The summed E-state index contributed by atoms with van der Waals surface area (Å²) in [7, 11) is 0. The van der Waals surface area contributed by atoms with Gasteiger partial charge in [-0.25, -0.2) is 15.0 Å². The molecule has 4 rings (SSSR count). The largest absolute Gasteiger partial charge is 0.435 e. The van der Waals surface area contributed by atoms with E-state index in [0.717, 1.165) is 23.0 Å². The molecule has 10 heteroatoms. The number of carbonyl (C=O) groups is 1. The van der Waals surface area contributed by atoms with Gasteiger partial charge in [0.25, 0.3) is 0 Å². The van der Waals surface area contributed by atoms with Gasteiger partial charge in [0, 0.05) is 43.8 Å². The van der Waals surface area contributed by atoms with E-state index in [1.807, 2.05) is 19.9 Å². The highest BCUT2D eigenvalue weighted by Crippen LogP contribution is 2.39. The number of nitrogens with zero attached hydrogens (tertiary/aromatic N) is 5. The van der Waals surface area contributed by atoms with Gasteiger partial charge in [0.05, 0.1) is 16.0 Å². The number of halogens is 1. The number of rotatable bonds is 5. The molecule has 1 aromatic carbocycles. The highest BCUT2D eigenvalue weighted by atomic mass is 35.5. The summed E-state index contributed by atoms with van der Waals surface area (Å²) in [6.45, 7) is 9.63. The number of pyridine rings is 1. The van der Waals surface area contributed by atoms with Gasteiger partial charge in [-0.05, 0) is 37.6 Å². The average Bonchev–Trinajstić information content (AvgIpc) is 2.81. The molecule has 0 radical (unpaired) electrons. The van der Waals surface area contributed by atoms with E-state index in [1.165, 1.54) is 12.4 Å². The first-order valence-corrected chi connectivity index (χ1v) is 10.8. The Morgan fingerprint density at radius 1 is 1.24 bits per heavy atom. The summed E-state index contributed by atoms with van der Waals surface area (Å²) in [6, 6.07) is 3.61. The molecule has 1 aliphatic heterocycles. The van der Waals surface area contributed by atoms with Gasteiger partial charge >= 0.3 is 0 Å². The molecule has 1 aliphatic rings. The lowest BCUT2D eigenvalue weighted by Gasteiger charge is -2.35. The van der Waals surface area contributed by atoms with Crippen molar-refractivity contribution in [1.29, 1.82) is 5.41 Å². The third-order valence-electron chi connectivity index (χ3n) is 5.58. The highest BCUT2D eigenvalue weighted by molar-refractivity contribution is 6.33. The van der Waals surface area contributed by atoms with Crippen LogP contribution in [0.1, 0.15) is 16.8 Å². The molecule has 9 nitrogen and oxygen atoms in total. The topological polar surface area (TPSA) is 121 Å². The second-order valence-electron chi connectivity index (χ2n) is 7.76. The van der Waals surface area contributed by atoms with Crippen LogP contribution in [0, 0.1) is 19.3 Å². The second kappa shape index (κ2) is 9.03. The van der Waals surface area contributed by atoms with Crippen molar-refractivity contribution in [3.8, 4) is 11.6 Å². The lowest BCUT2D eigenvalue weighted by atomic mass is 10.1. The summed E-state index contributed by atoms with van der Waals surface area (Å²) in [5.41, 5.74) is 8.81. The van der Waals surface area contributed by atoms with Crippen LogP contribution in [0.25, 0.3) is 10.9 Å². The number of nitrogen functional groups attached to an aromatic ring is 1. The van der Waals surface area contributed by atoms with Crippen molar-refractivity contribution in [3.05, 3.63) is 53.0 Å². The number of benzene rings is 1. The smallest absolute Gasteiger partial charge is 0.246 e. The molecule has 0 bridgehead atoms. The number of aryl methyl sites for hydroxylation is 2. The number of amides is 1. The predicted molar refractivity (Wildman–Crippen MR) is 130 cm³/mol. The maximum Gasteiger partial charge on any atom is 0.246 e. The van der Waals surface area contributed by atoms with Crippen molar-refractivity contribution in [3.63, 3.8) is 0 Å². The average molecular weight is 466 g/mol. The molecule has 170 valence electrons. The lowest BCUT2D eigenvalue weighted by Crippen LogP contribution is -2.48. The summed E-state index contributed by atoms with van der Waals surface area (Å²) in [4.78, 5) is 29.3. The van der Waals surface area contributed by atoms with Crippen LogP contribution < -0.4 is 15.4 Å². The van der Waals surface area contributed by atoms with E-state index in [0.29, 0.717) is 53.7 Å². The van der Waals surface area contributed by atoms with Gasteiger partial charge < -0.3 is 25.7 Å². The molecule has 3 aromatic rings. The number of nitrogens with two attached hydrogens (primary N) is 1. The van der Waals surface area contributed by atoms with Crippen LogP contribution in [0.4, 0.5) is 11.5 Å². The number of carbonyl (C=O) groups excluding carboxylic acids is 1. The summed E-state index contributed by atoms with van der Waals surface area (Å²) in [5.74, 6) is 1.18. The number of nitrogens with one attached hydrogen (secondary N) is 1. The number of piperazine rings is 1. The monoisotopic (exact) mass is 465 g/mol. The van der Waals surface area contributed by atoms with E-state index in [-0.39, 0.29) is 17.5 Å². The summed E-state index contributed by atoms with van der Waals surface area (Å²) < 4.78 is 6.15. The molecule has 1 amide bonds. The van der Waals surface area contributed by atoms with Crippen molar-refractivity contribution in [2.45, 2.75) is 13.8 Å². The maximum atomic E-state index is 11.9. The van der Waals surface area contributed by atoms with Gasteiger partial charge in [0.1, 0.15) is 17.7 Å². The fraction of sp³-hybridized carbons (Fsp3) is 0.261. The Morgan fingerprint density at radius 2 is 1.97 bits per heavy atom. The molecule has 0 saturated carbocycles. The van der Waals surface area contributed by atoms with Crippen LogP contribution in [0.3, 0.4) is 0 Å². The number of ether oxygens (including phenoxy) is 1. The van der Waals surface area contributed by atoms with Crippen molar-refractivity contribution in [2.75, 3.05) is 36.8 Å². The van der Waals surface area contributed by atoms with E-state index in [2.05, 4.69) is 26.4 Å². The molecular weight excluding hydrogens is 442 g/mol. The number of aromatic nitrogens is 3. The Bertz CT molecular complexity index is 1270. The molecule has 1 saturated heterocycles. The zero-order valence-corrected chi connectivity index (χ0v) is 19.2. The third-order valence-corrected chi connectivity index (χ3v) is 6.05. The normalized spacial score (nSPS) is 13.8. The highest BCUT2D eigenvalue weighted by Gasteiger charge is 2.24. The molecule has 2 aromatic heterocycles. The van der Waals surface area contributed by atoms with Crippen molar-refractivity contribution in [1.82, 2.24) is 19.9 Å². The molecule has 0 spiro atoms. The number of hydrogen-bond acceptors (Lipinski definition) is 8. The third kappa shape index (κ3) is 4.19. The quantitative estimate of drug-likeness (QED) is 0.336. The van der Waals surface area contributed by atoms with Gasteiger partial charge in [0.2, 0.25) is 11.8 Å². The van der Waals surface area contributed by atoms with E-state index >= 15 is 0 Å². The first kappa shape index (κ1) is 22.5. The Labute approximate surface area is 196 Å². The minimum Gasteiger partial charge on any atom is -0.435 e. The minimum absolute atomic E-state index is 0.0748. The van der Waals surface area contributed by atoms with Crippen molar-refractivity contribution in [2.24, 2.45) is 0 Å². The predicted octanol–water partition coefficient (Wildman–Crippen LogP) is 3.50. The first-order valence-electron chi connectivity index (χ1n) is 10.4. The number of fused-ring (bicyclic) bond motifs is 1. The van der Waals surface area contributed by atoms with Crippen LogP contribution in [0.15, 0.2) is 31.1 Å². The van der Waals surface area contributed by atoms with Crippen LogP contribution in [0.2, 0.25) is 5.02 Å². The Hall–Kier alpha value is -3.72. The van der Waals surface area contributed by atoms with Gasteiger partial charge in [-0.2, -0.15) is 0 Å². The van der Waals surface area contributed by atoms with Crippen LogP contribution in [-0.4, -0.2) is 58.2 Å². The fourth-order valence-electron chi connectivity index (χ4n) is 3.88. The van der Waals surface area contributed by atoms with E-state index in [1.54, 1.807) is 11.0 Å². The molecule has 1 fully saturated rings. The Morgan fingerprint density at radius 3 is 2.64 bits per heavy atom. The Balaban J connectivity index is 1.76. The molecule has 33 heavy (non-hydrogen) atoms. The Kier molecular flexibility index (Phi) is 6.15. The van der Waals surface area contributed by atoms with Crippen LogP contribution in [-0.2, 0) is 4.79 Å². The van der Waals surface area contributed by atoms with Crippen LogP contribution >= 0.6 is 11.6 Å². The second-order valence-corrected chi connectivity index (χ2v) is 8.14. The van der Waals surface area contributed by atoms with Gasteiger partial charge in [-0.1, -0.05) is 18.2 Å². The zero-order chi connectivity index (χ0) is 23.7. The van der Waals surface area contributed by atoms with Gasteiger partial charge in [-0.15, -0.1) is 0 Å². The van der Waals surface area contributed by atoms with Gasteiger partial charge in [-0.3, -0.25) is 4.79 Å². The van der Waals surface area contributed by atoms with E-state index in [9.17, 15) is 4.79 Å². The molecular formula is C23H24ClN7O2. The number of hydrogen-bond donors (Lipinski definition) is 2. The fourth-order valence-corrected chi connectivity index (χ4v) is 4.08. The zero-order valence-electron chi connectivity index (χ0n) is 18.4. The maximum absolute atomic E-state index is 11.9. The summed E-state index contributed by atoms with van der Waals surface area (Å²) in [6.07, 6.45) is 3.91. The molecule has 3 heterocycles. The number of anilines is 2. The minimum atomic E-state index is -0.0748. The first-order chi connectivity index (χ1) is 15.8. The lowest BCUT2D eigenvalue weighted by molar-refractivity contribution is -0.126. The van der Waals surface area contributed by atoms with Crippen LogP contribution in [0.5, 0.6) is 11.6 Å². The summed E-state index contributed by atoms with van der Waals surface area (Å²) in [5, 5.41) is 8.89. The standard InChI is InChI=1S/C23H24ClN7O2/c1-4-18(32)30-5-7-31(8-6-30)22-15-10-14(3)29-23(20(15)27-12-28-22)33-21-16(11-25)17(26)9-13(2)19(21)24/h4,9-12,25H,1,5-8,26H2,2-3H3. The van der Waals surface area contributed by atoms with Crippen molar-refractivity contribution >= 4 is 46.1 Å². The van der Waals surface area contributed by atoms with Crippen molar-refractivity contribution < 1.29 is 9.53 Å². The molecule has 3 N–H and O–H groups in total. The van der Waals surface area contributed by atoms with E-state index in [4.69, 9.17) is 27.5 Å². The molecule has 0 aliphatic carbocycles. The summed E-state index contributed by atoms with van der Waals surface area (Å²) >= 11 is 6.50.